The summed E-state index contributed by atoms with van der Waals surface area (Å²) in [5, 5.41) is 5.59. The molecule has 0 aliphatic rings. The van der Waals surface area contributed by atoms with Crippen LogP contribution in [-0.2, 0) is 11.0 Å². The van der Waals surface area contributed by atoms with Crippen LogP contribution in [0.4, 0.5) is 18.9 Å². The van der Waals surface area contributed by atoms with E-state index in [2.05, 4.69) is 10.6 Å². The van der Waals surface area contributed by atoms with Gasteiger partial charge < -0.3 is 10.6 Å². The monoisotopic (exact) mass is 384 g/mol. The van der Waals surface area contributed by atoms with E-state index in [1.165, 1.54) is 12.1 Å². The molecule has 8 heteroatoms. The number of anilines is 1. The highest BCUT2D eigenvalue weighted by Gasteiger charge is 2.30. The van der Waals surface area contributed by atoms with Gasteiger partial charge in [-0.1, -0.05) is 17.7 Å². The molecule has 2 rings (SSSR count). The Morgan fingerprint density at radius 3 is 2.38 bits per heavy atom. The zero-order chi connectivity index (χ0) is 19.2. The van der Waals surface area contributed by atoms with Crippen molar-refractivity contribution in [3.05, 3.63) is 64.7 Å². The molecule has 26 heavy (non-hydrogen) atoms. The average molecular weight is 385 g/mol. The summed E-state index contributed by atoms with van der Waals surface area (Å²) in [5.74, 6) is -0.718. The van der Waals surface area contributed by atoms with E-state index in [9.17, 15) is 22.8 Å². The summed E-state index contributed by atoms with van der Waals surface area (Å²) >= 11 is 5.74. The van der Waals surface area contributed by atoms with E-state index in [1.54, 1.807) is 24.3 Å². The number of carbonyl (C=O) groups is 2. The number of rotatable bonds is 6. The van der Waals surface area contributed by atoms with Crippen LogP contribution in [0.5, 0.6) is 0 Å². The Labute approximate surface area is 153 Å². The summed E-state index contributed by atoms with van der Waals surface area (Å²) in [4.78, 5) is 23.7. The molecule has 0 atom stereocenters. The second-order valence-corrected chi connectivity index (χ2v) is 5.93. The summed E-state index contributed by atoms with van der Waals surface area (Å²) in [6.45, 7) is 0.261. The molecule has 2 N–H and O–H groups in total. The molecule has 0 aliphatic carbocycles. The molecule has 4 nitrogen and oxygen atoms in total. The largest absolute Gasteiger partial charge is 0.416 e. The fourth-order valence-corrected chi connectivity index (χ4v) is 2.28. The molecule has 0 fully saturated rings. The molecule has 138 valence electrons. The smallest absolute Gasteiger partial charge is 0.352 e. The second kappa shape index (κ2) is 8.71. The lowest BCUT2D eigenvalue weighted by Crippen LogP contribution is -2.25. The molecule has 2 aromatic carbocycles. The molecular weight excluding hydrogens is 369 g/mol. The zero-order valence-electron chi connectivity index (χ0n) is 13.6. The highest BCUT2D eigenvalue weighted by molar-refractivity contribution is 6.30. The Kier molecular flexibility index (Phi) is 6.63. The van der Waals surface area contributed by atoms with E-state index in [0.717, 1.165) is 12.1 Å². The first-order valence-corrected chi connectivity index (χ1v) is 8.14. The van der Waals surface area contributed by atoms with E-state index in [1.807, 2.05) is 0 Å². The van der Waals surface area contributed by atoms with Crippen LogP contribution in [0.25, 0.3) is 0 Å². The van der Waals surface area contributed by atoms with Gasteiger partial charge in [-0.15, -0.1) is 0 Å². The second-order valence-electron chi connectivity index (χ2n) is 5.49. The number of benzene rings is 2. The van der Waals surface area contributed by atoms with Crippen molar-refractivity contribution < 1.29 is 22.8 Å². The van der Waals surface area contributed by atoms with E-state index in [0.29, 0.717) is 17.0 Å². The van der Waals surface area contributed by atoms with Gasteiger partial charge >= 0.3 is 6.18 Å². The summed E-state index contributed by atoms with van der Waals surface area (Å²) in [5.41, 5.74) is -0.302. The Morgan fingerprint density at radius 2 is 1.73 bits per heavy atom. The van der Waals surface area contributed by atoms with Crippen molar-refractivity contribution in [1.29, 1.82) is 0 Å². The quantitative estimate of drug-likeness (QED) is 0.720. The summed E-state index contributed by atoms with van der Waals surface area (Å²) in [6, 6.07) is 10.8. The Morgan fingerprint density at radius 1 is 1.04 bits per heavy atom. The van der Waals surface area contributed by atoms with Crippen molar-refractivity contribution in [2.24, 2.45) is 0 Å². The van der Waals surface area contributed by atoms with Crippen LogP contribution in [0.2, 0.25) is 5.02 Å². The van der Waals surface area contributed by atoms with Crippen LogP contribution in [0.15, 0.2) is 48.5 Å². The lowest BCUT2D eigenvalue weighted by molar-refractivity contribution is -0.137. The lowest BCUT2D eigenvalue weighted by Gasteiger charge is -2.10. The molecule has 0 aliphatic heterocycles. The van der Waals surface area contributed by atoms with E-state index in [-0.39, 0.29) is 24.6 Å². The summed E-state index contributed by atoms with van der Waals surface area (Å²) in [7, 11) is 0. The fraction of sp³-hybridized carbons (Fsp3) is 0.222. The van der Waals surface area contributed by atoms with Crippen molar-refractivity contribution in [3.63, 3.8) is 0 Å². The molecule has 0 aromatic heterocycles. The van der Waals surface area contributed by atoms with Crippen molar-refractivity contribution in [2.75, 3.05) is 11.9 Å². The number of hydrogen-bond donors (Lipinski definition) is 2. The van der Waals surface area contributed by atoms with Gasteiger partial charge in [-0.05, 0) is 48.9 Å². The van der Waals surface area contributed by atoms with E-state index in [4.69, 9.17) is 11.6 Å². The molecule has 0 saturated heterocycles. The SMILES string of the molecule is O=C(CCCNC(=O)c1ccc(Cl)cc1)Nc1cccc(C(F)(F)F)c1. The van der Waals surface area contributed by atoms with Gasteiger partial charge in [0.25, 0.3) is 5.91 Å². The molecular formula is C18H16ClF3N2O2. The molecule has 2 amide bonds. The van der Waals surface area contributed by atoms with Gasteiger partial charge in [-0.3, -0.25) is 9.59 Å². The topological polar surface area (TPSA) is 58.2 Å². The minimum atomic E-state index is -4.47. The number of halogens is 4. The van der Waals surface area contributed by atoms with Crippen LogP contribution < -0.4 is 10.6 Å². The van der Waals surface area contributed by atoms with Gasteiger partial charge in [0, 0.05) is 29.2 Å². The number of alkyl halides is 3. The van der Waals surface area contributed by atoms with E-state index < -0.39 is 17.6 Å². The van der Waals surface area contributed by atoms with E-state index >= 15 is 0 Å². The average Bonchev–Trinajstić information content (AvgIpc) is 2.58. The molecule has 0 radical (unpaired) electrons. The van der Waals surface area contributed by atoms with Gasteiger partial charge in [0.1, 0.15) is 0 Å². The maximum absolute atomic E-state index is 12.6. The molecule has 0 saturated carbocycles. The van der Waals surface area contributed by atoms with Crippen LogP contribution in [0, 0.1) is 0 Å². The van der Waals surface area contributed by atoms with Crippen LogP contribution in [0.3, 0.4) is 0 Å². The molecule has 0 heterocycles. The maximum atomic E-state index is 12.6. The lowest BCUT2D eigenvalue weighted by atomic mass is 10.2. The van der Waals surface area contributed by atoms with Crippen LogP contribution in [-0.4, -0.2) is 18.4 Å². The van der Waals surface area contributed by atoms with Crippen molar-refractivity contribution in [2.45, 2.75) is 19.0 Å². The number of amides is 2. The van der Waals surface area contributed by atoms with Crippen molar-refractivity contribution >= 4 is 29.1 Å². The zero-order valence-corrected chi connectivity index (χ0v) is 14.3. The Hall–Kier alpha value is -2.54. The predicted octanol–water partition coefficient (Wildman–Crippen LogP) is 4.51. The standard InChI is InChI=1S/C18H16ClF3N2O2/c19-14-8-6-12(7-9-14)17(26)23-10-2-5-16(25)24-15-4-1-3-13(11-15)18(20,21)22/h1,3-4,6-9,11H,2,5,10H2,(H,23,26)(H,24,25). The first-order valence-electron chi connectivity index (χ1n) is 7.76. The maximum Gasteiger partial charge on any atom is 0.416 e. The Bertz CT molecular complexity index is 777. The molecule has 0 unspecified atom stereocenters. The molecule has 0 bridgehead atoms. The van der Waals surface area contributed by atoms with Gasteiger partial charge in [-0.2, -0.15) is 13.2 Å². The number of carbonyl (C=O) groups excluding carboxylic acids is 2. The number of hydrogen-bond acceptors (Lipinski definition) is 2. The van der Waals surface area contributed by atoms with Crippen LogP contribution >= 0.6 is 11.6 Å². The normalized spacial score (nSPS) is 11.1. The Balaban J connectivity index is 1.75. The van der Waals surface area contributed by atoms with Gasteiger partial charge in [-0.25, -0.2) is 0 Å². The third-order valence-electron chi connectivity index (χ3n) is 3.45. The predicted molar refractivity (Wildman–Crippen MR) is 93.1 cm³/mol. The molecule has 0 spiro atoms. The third-order valence-corrected chi connectivity index (χ3v) is 3.70. The third kappa shape index (κ3) is 6.07. The van der Waals surface area contributed by atoms with Gasteiger partial charge in [0.15, 0.2) is 0 Å². The minimum Gasteiger partial charge on any atom is -0.352 e. The van der Waals surface area contributed by atoms with Crippen LogP contribution in [0.1, 0.15) is 28.8 Å². The van der Waals surface area contributed by atoms with Gasteiger partial charge in [0.2, 0.25) is 5.91 Å². The highest BCUT2D eigenvalue weighted by Crippen LogP contribution is 2.30. The minimum absolute atomic E-state index is 0.0666. The summed E-state index contributed by atoms with van der Waals surface area (Å²) < 4.78 is 37.9. The van der Waals surface area contributed by atoms with Gasteiger partial charge in [0.05, 0.1) is 5.56 Å². The molecule has 2 aromatic rings. The first-order chi connectivity index (χ1) is 12.3. The summed E-state index contributed by atoms with van der Waals surface area (Å²) in [6.07, 6.45) is -4.05. The first kappa shape index (κ1) is 19.8. The number of nitrogens with one attached hydrogen (secondary N) is 2. The highest BCUT2D eigenvalue weighted by atomic mass is 35.5. The fourth-order valence-electron chi connectivity index (χ4n) is 2.15. The van der Waals surface area contributed by atoms with Crippen molar-refractivity contribution in [1.82, 2.24) is 5.32 Å². The van der Waals surface area contributed by atoms with Crippen molar-refractivity contribution in [3.8, 4) is 0 Å².